The van der Waals surface area contributed by atoms with Crippen molar-refractivity contribution in [1.29, 1.82) is 0 Å². The van der Waals surface area contributed by atoms with Gasteiger partial charge < -0.3 is 10.1 Å². The van der Waals surface area contributed by atoms with Crippen molar-refractivity contribution in [3.63, 3.8) is 0 Å². The molecule has 0 aliphatic heterocycles. The number of nitrogens with zero attached hydrogens (tertiary/aromatic N) is 1. The van der Waals surface area contributed by atoms with Gasteiger partial charge in [0, 0.05) is 16.3 Å². The predicted octanol–water partition coefficient (Wildman–Crippen LogP) is 4.65. The highest BCUT2D eigenvalue weighted by molar-refractivity contribution is 6.39. The van der Waals surface area contributed by atoms with Gasteiger partial charge in [0.25, 0.3) is 0 Å². The molecule has 0 unspecified atom stereocenters. The molecule has 0 aliphatic rings. The molecule has 0 fully saturated rings. The minimum atomic E-state index is -0.929. The number of esters is 1. The molecule has 33 heavy (non-hydrogen) atoms. The molecule has 2 amide bonds. The van der Waals surface area contributed by atoms with Crippen LogP contribution in [0.25, 0.3) is 0 Å². The Morgan fingerprint density at radius 2 is 1.58 bits per heavy atom. The van der Waals surface area contributed by atoms with E-state index in [4.69, 9.17) is 16.3 Å². The van der Waals surface area contributed by atoms with Gasteiger partial charge in [0.2, 0.25) is 0 Å². The molecule has 0 saturated heterocycles. The first-order chi connectivity index (χ1) is 15.7. The fourth-order valence-electron chi connectivity index (χ4n) is 3.11. The highest BCUT2D eigenvalue weighted by Crippen LogP contribution is 2.21. The molecule has 0 heterocycles. The minimum Gasteiger partial charge on any atom is -0.422 e. The maximum atomic E-state index is 12.5. The third-order valence-electron chi connectivity index (χ3n) is 4.55. The Morgan fingerprint density at radius 1 is 0.879 bits per heavy atom. The van der Waals surface area contributed by atoms with Crippen LogP contribution in [0, 0.1) is 13.8 Å². The van der Waals surface area contributed by atoms with Gasteiger partial charge in [-0.3, -0.25) is 9.59 Å². The Bertz CT molecular complexity index is 1230. The number of rotatable bonds is 5. The first-order valence-corrected chi connectivity index (χ1v) is 10.4. The molecule has 3 aromatic carbocycles. The minimum absolute atomic E-state index is 0.248. The number of carbonyl (C=O) groups excluding carboxylic acids is 3. The van der Waals surface area contributed by atoms with Gasteiger partial charge >= 0.3 is 17.8 Å². The Balaban J connectivity index is 1.69. The van der Waals surface area contributed by atoms with Gasteiger partial charge in [-0.15, -0.1) is 0 Å². The van der Waals surface area contributed by atoms with Crippen molar-refractivity contribution in [3.8, 4) is 5.75 Å². The van der Waals surface area contributed by atoms with Crippen LogP contribution in [0.4, 0.5) is 5.69 Å². The lowest BCUT2D eigenvalue weighted by Crippen LogP contribution is -2.33. The summed E-state index contributed by atoms with van der Waals surface area (Å²) in [5.74, 6) is -2.12. The van der Waals surface area contributed by atoms with Crippen molar-refractivity contribution < 1.29 is 19.1 Å². The molecule has 168 valence electrons. The Morgan fingerprint density at radius 3 is 2.27 bits per heavy atom. The van der Waals surface area contributed by atoms with Gasteiger partial charge in [-0.2, -0.15) is 5.10 Å². The van der Waals surface area contributed by atoms with E-state index in [2.05, 4.69) is 15.8 Å². The number of para-hydroxylation sites is 1. The van der Waals surface area contributed by atoms with Crippen molar-refractivity contribution >= 4 is 40.8 Å². The van der Waals surface area contributed by atoms with Gasteiger partial charge in [0.1, 0.15) is 5.75 Å². The van der Waals surface area contributed by atoms with Crippen LogP contribution >= 0.6 is 11.6 Å². The number of anilines is 1. The van der Waals surface area contributed by atoms with Gasteiger partial charge in [-0.05, 0) is 74.4 Å². The maximum absolute atomic E-state index is 12.5. The number of aryl methyl sites for hydroxylation is 2. The fraction of sp³-hybridized carbons (Fsp3) is 0.120. The molecule has 0 radical (unpaired) electrons. The number of nitrogens with one attached hydrogen (secondary N) is 2. The molecule has 0 aromatic heterocycles. The molecule has 7 nitrogen and oxygen atoms in total. The number of halogens is 1. The smallest absolute Gasteiger partial charge is 0.343 e. The lowest BCUT2D eigenvalue weighted by molar-refractivity contribution is -0.136. The monoisotopic (exact) mass is 463 g/mol. The largest absolute Gasteiger partial charge is 0.422 e. The quantitative estimate of drug-likeness (QED) is 0.189. The zero-order chi connectivity index (χ0) is 24.0. The summed E-state index contributed by atoms with van der Waals surface area (Å²) in [5.41, 5.74) is 5.79. The third-order valence-corrected chi connectivity index (χ3v) is 4.79. The van der Waals surface area contributed by atoms with Crippen LogP contribution in [-0.2, 0) is 9.59 Å². The van der Waals surface area contributed by atoms with E-state index in [9.17, 15) is 14.4 Å². The van der Waals surface area contributed by atoms with Crippen molar-refractivity contribution in [2.24, 2.45) is 5.10 Å². The predicted molar refractivity (Wildman–Crippen MR) is 128 cm³/mol. The number of carbonyl (C=O) groups is 3. The van der Waals surface area contributed by atoms with Gasteiger partial charge in [-0.1, -0.05) is 35.9 Å². The third kappa shape index (κ3) is 6.51. The van der Waals surface area contributed by atoms with Crippen molar-refractivity contribution in [2.45, 2.75) is 20.8 Å². The second kappa shape index (κ2) is 10.6. The molecule has 0 saturated carbocycles. The van der Waals surface area contributed by atoms with E-state index in [1.54, 1.807) is 61.5 Å². The number of hydrogen-bond donors (Lipinski definition) is 2. The maximum Gasteiger partial charge on any atom is 0.343 e. The highest BCUT2D eigenvalue weighted by atomic mass is 35.5. The normalized spacial score (nSPS) is 11.0. The standard InChI is InChI=1S/C25H22ClN3O4/c1-15-11-16(2)13-20(12-15)27-23(30)24(31)29-28-17(3)21-9-4-5-10-22(21)33-25(32)18-7-6-8-19(26)14-18/h4-14H,1-3H3,(H,27,30)(H,29,31)/b28-17+. The molecule has 0 aliphatic carbocycles. The van der Waals surface area contributed by atoms with Gasteiger partial charge in [0.05, 0.1) is 11.3 Å². The number of amides is 2. The lowest BCUT2D eigenvalue weighted by Gasteiger charge is -2.10. The average Bonchev–Trinajstić information content (AvgIpc) is 2.76. The topological polar surface area (TPSA) is 96.9 Å². The summed E-state index contributed by atoms with van der Waals surface area (Å²) in [5, 5.41) is 6.95. The molecule has 3 aromatic rings. The van der Waals surface area contributed by atoms with Crippen LogP contribution in [-0.4, -0.2) is 23.5 Å². The Kier molecular flexibility index (Phi) is 7.58. The SMILES string of the molecule is C/C(=N\NC(=O)C(=O)Nc1cc(C)cc(C)c1)c1ccccc1OC(=O)c1cccc(Cl)c1. The number of benzene rings is 3. The zero-order valence-corrected chi connectivity index (χ0v) is 19.1. The summed E-state index contributed by atoms with van der Waals surface area (Å²) in [6.07, 6.45) is 0. The van der Waals surface area contributed by atoms with Crippen LogP contribution in [0.15, 0.2) is 71.8 Å². The van der Waals surface area contributed by atoms with Crippen LogP contribution in [0.1, 0.15) is 34.0 Å². The average molecular weight is 464 g/mol. The first kappa shape index (κ1) is 23.7. The fourth-order valence-corrected chi connectivity index (χ4v) is 3.30. The van der Waals surface area contributed by atoms with E-state index in [1.165, 1.54) is 6.07 Å². The molecular weight excluding hydrogens is 442 g/mol. The molecule has 0 spiro atoms. The van der Waals surface area contributed by atoms with Crippen molar-refractivity contribution in [3.05, 3.63) is 94.0 Å². The van der Waals surface area contributed by atoms with E-state index < -0.39 is 17.8 Å². The highest BCUT2D eigenvalue weighted by Gasteiger charge is 2.16. The molecule has 8 heteroatoms. The molecular formula is C25H22ClN3O4. The van der Waals surface area contributed by atoms with Gasteiger partial charge in [0.15, 0.2) is 0 Å². The molecule has 0 atom stereocenters. The summed E-state index contributed by atoms with van der Waals surface area (Å²) in [4.78, 5) is 36.9. The zero-order valence-electron chi connectivity index (χ0n) is 18.3. The Labute approximate surface area is 196 Å². The van der Waals surface area contributed by atoms with Crippen molar-refractivity contribution in [2.75, 3.05) is 5.32 Å². The second-order valence-electron chi connectivity index (χ2n) is 7.36. The van der Waals surface area contributed by atoms with Crippen LogP contribution < -0.4 is 15.5 Å². The molecule has 3 rings (SSSR count). The van der Waals surface area contributed by atoms with E-state index in [-0.39, 0.29) is 5.75 Å². The first-order valence-electron chi connectivity index (χ1n) is 10.0. The number of ether oxygens (including phenoxy) is 1. The molecule has 0 bridgehead atoms. The summed E-state index contributed by atoms with van der Waals surface area (Å²) in [6, 6.07) is 18.6. The molecule has 2 N–H and O–H groups in total. The summed E-state index contributed by atoms with van der Waals surface area (Å²) < 4.78 is 5.49. The second-order valence-corrected chi connectivity index (χ2v) is 7.80. The van der Waals surface area contributed by atoms with Crippen molar-refractivity contribution in [1.82, 2.24) is 5.43 Å². The van der Waals surface area contributed by atoms with E-state index in [0.717, 1.165) is 11.1 Å². The van der Waals surface area contributed by atoms with Crippen LogP contribution in [0.3, 0.4) is 0 Å². The van der Waals surface area contributed by atoms with E-state index >= 15 is 0 Å². The summed E-state index contributed by atoms with van der Waals surface area (Å²) in [6.45, 7) is 5.41. The van der Waals surface area contributed by atoms with Gasteiger partial charge in [-0.25, -0.2) is 10.2 Å². The number of hydrogen-bond acceptors (Lipinski definition) is 5. The van der Waals surface area contributed by atoms with E-state index in [1.807, 2.05) is 19.9 Å². The Hall–Kier alpha value is -3.97. The van der Waals surface area contributed by atoms with E-state index in [0.29, 0.717) is 27.5 Å². The summed E-state index contributed by atoms with van der Waals surface area (Å²) >= 11 is 5.94. The van der Waals surface area contributed by atoms with Crippen LogP contribution in [0.5, 0.6) is 5.75 Å². The summed E-state index contributed by atoms with van der Waals surface area (Å²) in [7, 11) is 0. The van der Waals surface area contributed by atoms with Crippen LogP contribution in [0.2, 0.25) is 5.02 Å². The number of hydrazone groups is 1. The lowest BCUT2D eigenvalue weighted by atomic mass is 10.1.